The van der Waals surface area contributed by atoms with Crippen molar-refractivity contribution in [3.63, 3.8) is 0 Å². The van der Waals surface area contributed by atoms with Gasteiger partial charge in [0.15, 0.2) is 0 Å². The lowest BCUT2D eigenvalue weighted by atomic mass is 9.95. The Kier molecular flexibility index (Phi) is 4.71. The summed E-state index contributed by atoms with van der Waals surface area (Å²) in [6.07, 6.45) is 5.41. The number of rotatable bonds is 4. The van der Waals surface area contributed by atoms with Crippen LogP contribution in [0.1, 0.15) is 30.3 Å². The molecule has 7 nitrogen and oxygen atoms in total. The van der Waals surface area contributed by atoms with Crippen molar-refractivity contribution in [2.24, 2.45) is 0 Å². The highest BCUT2D eigenvalue weighted by atomic mass is 32.2. The zero-order valence-corrected chi connectivity index (χ0v) is 15.1. The highest BCUT2D eigenvalue weighted by Gasteiger charge is 2.31. The molecule has 3 heterocycles. The van der Waals surface area contributed by atoms with Gasteiger partial charge in [-0.2, -0.15) is 17.0 Å². The average molecular weight is 349 g/mol. The van der Waals surface area contributed by atoms with E-state index in [2.05, 4.69) is 4.98 Å². The van der Waals surface area contributed by atoms with Gasteiger partial charge in [0.25, 0.3) is 10.2 Å². The number of pyridine rings is 1. The van der Waals surface area contributed by atoms with Crippen LogP contribution in [0, 0.1) is 6.92 Å². The summed E-state index contributed by atoms with van der Waals surface area (Å²) in [6, 6.07) is 5.89. The van der Waals surface area contributed by atoms with Gasteiger partial charge in [-0.1, -0.05) is 6.07 Å². The Balaban J connectivity index is 1.86. The largest absolute Gasteiger partial charge is 0.288 e. The number of nitrogens with zero attached hydrogens (tertiary/aromatic N) is 5. The Morgan fingerprint density at radius 2 is 2.08 bits per heavy atom. The molecule has 8 heteroatoms. The van der Waals surface area contributed by atoms with Gasteiger partial charge in [0.2, 0.25) is 0 Å². The lowest BCUT2D eigenvalue weighted by Crippen LogP contribution is -2.45. The topological polar surface area (TPSA) is 71.3 Å². The van der Waals surface area contributed by atoms with E-state index in [-0.39, 0.29) is 5.92 Å². The third-order valence-corrected chi connectivity index (χ3v) is 6.33. The van der Waals surface area contributed by atoms with Crippen molar-refractivity contribution in [3.05, 3.63) is 42.1 Å². The van der Waals surface area contributed by atoms with E-state index >= 15 is 0 Å². The molecule has 130 valence electrons. The molecule has 3 rings (SSSR count). The van der Waals surface area contributed by atoms with E-state index < -0.39 is 10.2 Å². The molecule has 2 aromatic heterocycles. The van der Waals surface area contributed by atoms with Gasteiger partial charge in [0.05, 0.1) is 0 Å². The third-order valence-electron chi connectivity index (χ3n) is 4.42. The molecule has 0 unspecified atom stereocenters. The SMILES string of the molecule is Cc1nccn1-c1cccc([C@@H]2CCCN(S(=O)(=O)N(C)C)C2)n1. The second kappa shape index (κ2) is 6.62. The molecule has 1 fully saturated rings. The summed E-state index contributed by atoms with van der Waals surface area (Å²) < 4.78 is 29.5. The van der Waals surface area contributed by atoms with Gasteiger partial charge < -0.3 is 0 Å². The van der Waals surface area contributed by atoms with E-state index in [1.165, 1.54) is 4.31 Å². The molecule has 0 N–H and O–H groups in total. The van der Waals surface area contributed by atoms with Crippen LogP contribution in [-0.2, 0) is 10.2 Å². The van der Waals surface area contributed by atoms with Crippen molar-refractivity contribution in [1.29, 1.82) is 0 Å². The van der Waals surface area contributed by atoms with Gasteiger partial charge >= 0.3 is 0 Å². The van der Waals surface area contributed by atoms with E-state index in [0.717, 1.165) is 30.2 Å². The Morgan fingerprint density at radius 3 is 2.75 bits per heavy atom. The first-order valence-electron chi connectivity index (χ1n) is 8.04. The smallest absolute Gasteiger partial charge is 0.281 e. The van der Waals surface area contributed by atoms with Gasteiger partial charge in [0.1, 0.15) is 11.6 Å². The third kappa shape index (κ3) is 3.22. The Labute approximate surface area is 143 Å². The van der Waals surface area contributed by atoms with Gasteiger partial charge in [-0.15, -0.1) is 0 Å². The summed E-state index contributed by atoms with van der Waals surface area (Å²) in [7, 11) is -0.239. The summed E-state index contributed by atoms with van der Waals surface area (Å²) in [5.41, 5.74) is 0.930. The number of hydrogen-bond acceptors (Lipinski definition) is 4. The maximum atomic E-state index is 12.4. The van der Waals surface area contributed by atoms with Crippen LogP contribution < -0.4 is 0 Å². The van der Waals surface area contributed by atoms with Crippen LogP contribution in [0.4, 0.5) is 0 Å². The predicted octanol–water partition coefficient (Wildman–Crippen LogP) is 1.56. The Morgan fingerprint density at radius 1 is 1.29 bits per heavy atom. The summed E-state index contributed by atoms with van der Waals surface area (Å²) in [5, 5.41) is 0. The molecule has 2 aromatic rings. The molecule has 1 atom stereocenters. The molecular weight excluding hydrogens is 326 g/mol. The maximum Gasteiger partial charge on any atom is 0.281 e. The predicted molar refractivity (Wildman–Crippen MR) is 92.3 cm³/mol. The summed E-state index contributed by atoms with van der Waals surface area (Å²) in [6.45, 7) is 2.97. The highest BCUT2D eigenvalue weighted by Crippen LogP contribution is 2.28. The molecule has 1 saturated heterocycles. The summed E-state index contributed by atoms with van der Waals surface area (Å²) in [5.74, 6) is 1.80. The minimum Gasteiger partial charge on any atom is -0.288 e. The van der Waals surface area contributed by atoms with Crippen molar-refractivity contribution in [2.75, 3.05) is 27.2 Å². The molecule has 0 bridgehead atoms. The van der Waals surface area contributed by atoms with E-state index in [1.54, 1.807) is 24.6 Å². The second-order valence-electron chi connectivity index (χ2n) is 6.25. The van der Waals surface area contributed by atoms with Crippen LogP contribution in [0.25, 0.3) is 5.82 Å². The van der Waals surface area contributed by atoms with Gasteiger partial charge in [-0.05, 0) is 31.9 Å². The molecule has 0 aromatic carbocycles. The van der Waals surface area contributed by atoms with Crippen molar-refractivity contribution in [1.82, 2.24) is 23.1 Å². The zero-order valence-electron chi connectivity index (χ0n) is 14.3. The number of piperidine rings is 1. The lowest BCUT2D eigenvalue weighted by molar-refractivity contribution is 0.296. The first kappa shape index (κ1) is 17.1. The zero-order chi connectivity index (χ0) is 17.3. The minimum atomic E-state index is -3.38. The first-order chi connectivity index (χ1) is 11.4. The van der Waals surface area contributed by atoms with E-state index in [4.69, 9.17) is 4.98 Å². The van der Waals surface area contributed by atoms with Crippen molar-refractivity contribution in [2.45, 2.75) is 25.7 Å². The van der Waals surface area contributed by atoms with Crippen molar-refractivity contribution < 1.29 is 8.42 Å². The molecule has 0 amide bonds. The quantitative estimate of drug-likeness (QED) is 0.840. The van der Waals surface area contributed by atoms with E-state index in [0.29, 0.717) is 13.1 Å². The number of aromatic nitrogens is 3. The highest BCUT2D eigenvalue weighted by molar-refractivity contribution is 7.86. The molecular formula is C16H23N5O2S. The van der Waals surface area contributed by atoms with Crippen LogP contribution in [0.2, 0.25) is 0 Å². The number of aryl methyl sites for hydroxylation is 1. The van der Waals surface area contributed by atoms with Gasteiger partial charge in [0, 0.05) is 51.2 Å². The fourth-order valence-electron chi connectivity index (χ4n) is 3.05. The second-order valence-corrected chi connectivity index (χ2v) is 8.39. The van der Waals surface area contributed by atoms with E-state index in [1.807, 2.05) is 35.9 Å². The summed E-state index contributed by atoms with van der Waals surface area (Å²) in [4.78, 5) is 8.98. The van der Waals surface area contributed by atoms with Crippen LogP contribution >= 0.6 is 0 Å². The van der Waals surface area contributed by atoms with Crippen LogP contribution in [0.5, 0.6) is 0 Å². The molecule has 0 spiro atoms. The van der Waals surface area contributed by atoms with Crippen LogP contribution in [0.15, 0.2) is 30.6 Å². The Bertz CT molecular complexity index is 815. The monoisotopic (exact) mass is 349 g/mol. The van der Waals surface area contributed by atoms with Crippen LogP contribution in [0.3, 0.4) is 0 Å². The fraction of sp³-hybridized carbons (Fsp3) is 0.500. The molecule has 0 radical (unpaired) electrons. The first-order valence-corrected chi connectivity index (χ1v) is 9.44. The number of imidazole rings is 1. The van der Waals surface area contributed by atoms with E-state index in [9.17, 15) is 8.42 Å². The minimum absolute atomic E-state index is 0.109. The van der Waals surface area contributed by atoms with Crippen molar-refractivity contribution in [3.8, 4) is 5.82 Å². The van der Waals surface area contributed by atoms with Crippen molar-refractivity contribution >= 4 is 10.2 Å². The standard InChI is InChI=1S/C16H23N5O2S/c1-13-17-9-11-21(13)16-8-4-7-15(18-16)14-6-5-10-20(12-14)24(22,23)19(2)3/h4,7-9,11,14H,5-6,10,12H2,1-3H3/t14-/m1/s1. The fourth-order valence-corrected chi connectivity index (χ4v) is 4.24. The lowest BCUT2D eigenvalue weighted by Gasteiger charge is -2.33. The molecule has 0 saturated carbocycles. The Hall–Kier alpha value is -1.77. The maximum absolute atomic E-state index is 12.4. The molecule has 24 heavy (non-hydrogen) atoms. The normalized spacial score (nSPS) is 19.8. The number of hydrogen-bond donors (Lipinski definition) is 0. The molecule has 0 aliphatic carbocycles. The van der Waals surface area contributed by atoms with Crippen LogP contribution in [-0.4, -0.2) is 58.7 Å². The average Bonchev–Trinajstić information content (AvgIpc) is 3.01. The van der Waals surface area contributed by atoms with Gasteiger partial charge in [-0.3, -0.25) is 4.57 Å². The molecule has 1 aliphatic rings. The molecule has 1 aliphatic heterocycles. The summed E-state index contributed by atoms with van der Waals surface area (Å²) >= 11 is 0. The van der Waals surface area contributed by atoms with Gasteiger partial charge in [-0.25, -0.2) is 9.97 Å².